The highest BCUT2D eigenvalue weighted by atomic mass is 32.2. The molecule has 0 saturated carbocycles. The Morgan fingerprint density at radius 2 is 1.12 bits per heavy atom. The van der Waals surface area contributed by atoms with Gasteiger partial charge in [-0.1, -0.05) is 96.7 Å². The van der Waals surface area contributed by atoms with Gasteiger partial charge in [-0.25, -0.2) is 0 Å². The predicted octanol–water partition coefficient (Wildman–Crippen LogP) is 7.49. The minimum atomic E-state index is 0.380. The highest BCUT2D eigenvalue weighted by Crippen LogP contribution is 2.47. The first-order valence-electron chi connectivity index (χ1n) is 11.8. The molecule has 1 aliphatic rings. The number of rotatable bonds is 9. The molecule has 5 rings (SSSR count). The van der Waals surface area contributed by atoms with E-state index >= 15 is 0 Å². The van der Waals surface area contributed by atoms with Crippen molar-refractivity contribution in [2.75, 3.05) is 24.5 Å². The Labute approximate surface area is 201 Å². The Morgan fingerprint density at radius 1 is 0.606 bits per heavy atom. The number of fused-ring (bicyclic) bond motifs is 2. The van der Waals surface area contributed by atoms with Crippen molar-refractivity contribution >= 4 is 23.1 Å². The summed E-state index contributed by atoms with van der Waals surface area (Å²) in [7, 11) is 0. The van der Waals surface area contributed by atoms with Crippen LogP contribution in [0.4, 0.5) is 11.4 Å². The Kier molecular flexibility index (Phi) is 7.10. The lowest BCUT2D eigenvalue weighted by Crippen LogP contribution is -2.25. The first kappa shape index (κ1) is 21.8. The zero-order chi connectivity index (χ0) is 22.3. The van der Waals surface area contributed by atoms with E-state index in [0.29, 0.717) is 5.92 Å². The molecule has 0 atom stereocenters. The molecule has 0 unspecified atom stereocenters. The van der Waals surface area contributed by atoms with Crippen molar-refractivity contribution in [2.45, 2.75) is 28.6 Å². The van der Waals surface area contributed by atoms with Crippen molar-refractivity contribution in [2.24, 2.45) is 0 Å². The van der Waals surface area contributed by atoms with E-state index in [0.717, 1.165) is 32.5 Å². The zero-order valence-corrected chi connectivity index (χ0v) is 19.7. The monoisotopic (exact) mass is 450 g/mol. The second-order valence-corrected chi connectivity index (χ2v) is 9.56. The Balaban J connectivity index is 1.18. The van der Waals surface area contributed by atoms with Crippen LogP contribution in [0.1, 0.15) is 29.9 Å². The van der Waals surface area contributed by atoms with Crippen LogP contribution in [0.3, 0.4) is 0 Å². The van der Waals surface area contributed by atoms with Gasteiger partial charge in [-0.15, -0.1) is 0 Å². The summed E-state index contributed by atoms with van der Waals surface area (Å²) in [5.41, 5.74) is 5.41. The third-order valence-electron chi connectivity index (χ3n) is 6.27. The highest BCUT2D eigenvalue weighted by molar-refractivity contribution is 7.99. The Bertz CT molecular complexity index is 1080. The molecule has 0 fully saturated rings. The van der Waals surface area contributed by atoms with Crippen molar-refractivity contribution in [3.05, 3.63) is 120 Å². The molecule has 33 heavy (non-hydrogen) atoms. The molecule has 0 aromatic heterocycles. The third-order valence-corrected chi connectivity index (χ3v) is 7.40. The van der Waals surface area contributed by atoms with Crippen LogP contribution < -0.4 is 10.2 Å². The van der Waals surface area contributed by atoms with Gasteiger partial charge < -0.3 is 10.2 Å². The molecule has 0 radical (unpaired) electrons. The number of nitrogens with one attached hydrogen (secondary N) is 1. The number of anilines is 2. The number of hydrogen-bond donors (Lipinski definition) is 1. The van der Waals surface area contributed by atoms with Crippen molar-refractivity contribution in [3.8, 4) is 0 Å². The lowest BCUT2D eigenvalue weighted by Gasteiger charge is -2.32. The molecule has 0 amide bonds. The van der Waals surface area contributed by atoms with E-state index in [2.05, 4.69) is 119 Å². The molecule has 0 saturated heterocycles. The maximum Gasteiger partial charge on any atom is 0.0552 e. The average Bonchev–Trinajstić information content (AvgIpc) is 2.88. The summed E-state index contributed by atoms with van der Waals surface area (Å²) in [5, 5.41) is 3.74. The van der Waals surface area contributed by atoms with Gasteiger partial charge >= 0.3 is 0 Å². The van der Waals surface area contributed by atoms with Crippen LogP contribution in [0, 0.1) is 0 Å². The quantitative estimate of drug-likeness (QED) is 0.266. The van der Waals surface area contributed by atoms with E-state index in [1.54, 1.807) is 0 Å². The highest BCUT2D eigenvalue weighted by Gasteiger charge is 2.22. The van der Waals surface area contributed by atoms with E-state index in [9.17, 15) is 0 Å². The van der Waals surface area contributed by atoms with Gasteiger partial charge in [0.05, 0.1) is 11.4 Å². The second kappa shape index (κ2) is 10.7. The number of nitrogens with zero attached hydrogens (tertiary/aromatic N) is 1. The molecule has 0 aliphatic carbocycles. The van der Waals surface area contributed by atoms with Gasteiger partial charge in [-0.3, -0.25) is 0 Å². The smallest absolute Gasteiger partial charge is 0.0552 e. The van der Waals surface area contributed by atoms with Crippen molar-refractivity contribution in [1.82, 2.24) is 5.32 Å². The topological polar surface area (TPSA) is 15.3 Å². The van der Waals surface area contributed by atoms with Crippen LogP contribution in [0.15, 0.2) is 119 Å². The molecule has 1 N–H and O–H groups in total. The van der Waals surface area contributed by atoms with Crippen LogP contribution in [0.2, 0.25) is 0 Å². The largest absolute Gasteiger partial charge is 0.340 e. The van der Waals surface area contributed by atoms with Gasteiger partial charge in [-0.2, -0.15) is 0 Å². The van der Waals surface area contributed by atoms with Gasteiger partial charge in [0.1, 0.15) is 0 Å². The molecular formula is C30H30N2S. The molecule has 166 valence electrons. The fraction of sp³-hybridized carbons (Fsp3) is 0.200. The third kappa shape index (κ3) is 5.16. The number of hydrogen-bond acceptors (Lipinski definition) is 3. The Morgan fingerprint density at radius 3 is 1.70 bits per heavy atom. The molecule has 1 heterocycles. The van der Waals surface area contributed by atoms with E-state index in [4.69, 9.17) is 0 Å². The van der Waals surface area contributed by atoms with Crippen LogP contribution in [-0.2, 0) is 0 Å². The van der Waals surface area contributed by atoms with E-state index in [1.165, 1.54) is 32.3 Å². The first-order chi connectivity index (χ1) is 16.4. The molecule has 0 spiro atoms. The van der Waals surface area contributed by atoms with Crippen LogP contribution in [-0.4, -0.2) is 19.6 Å². The summed E-state index contributed by atoms with van der Waals surface area (Å²) < 4.78 is 0. The minimum absolute atomic E-state index is 0.380. The van der Waals surface area contributed by atoms with Gasteiger partial charge in [0.15, 0.2) is 0 Å². The number of benzene rings is 4. The molecule has 0 bridgehead atoms. The van der Waals surface area contributed by atoms with Crippen molar-refractivity contribution in [1.29, 1.82) is 0 Å². The maximum atomic E-state index is 3.74. The molecular weight excluding hydrogens is 420 g/mol. The standard InChI is InChI=1S/C30H30N2S/c1-3-13-24(14-4-1)26(25-15-5-2-6-16-25)23-31-21-11-12-22-32-27-17-7-9-19-29(27)33-30-20-10-8-18-28(30)32/h1-10,13-20,26,31H,11-12,21-23H2. The first-order valence-corrected chi connectivity index (χ1v) is 12.7. The predicted molar refractivity (Wildman–Crippen MR) is 141 cm³/mol. The van der Waals surface area contributed by atoms with E-state index < -0.39 is 0 Å². The normalized spacial score (nSPS) is 12.5. The fourth-order valence-electron chi connectivity index (χ4n) is 4.59. The van der Waals surface area contributed by atoms with Gasteiger partial charge in [-0.05, 0) is 54.8 Å². The summed E-state index contributed by atoms with van der Waals surface area (Å²) in [6, 6.07) is 39.2. The van der Waals surface area contributed by atoms with Gasteiger partial charge in [0.2, 0.25) is 0 Å². The maximum absolute atomic E-state index is 3.74. The summed E-state index contributed by atoms with van der Waals surface area (Å²) in [5.74, 6) is 0.380. The van der Waals surface area contributed by atoms with Gasteiger partial charge in [0, 0.05) is 28.8 Å². The Hall–Kier alpha value is -3.01. The van der Waals surface area contributed by atoms with Gasteiger partial charge in [0.25, 0.3) is 0 Å². The van der Waals surface area contributed by atoms with Crippen molar-refractivity contribution < 1.29 is 0 Å². The van der Waals surface area contributed by atoms with Crippen molar-refractivity contribution in [3.63, 3.8) is 0 Å². The minimum Gasteiger partial charge on any atom is -0.340 e. The lowest BCUT2D eigenvalue weighted by atomic mass is 9.91. The SMILES string of the molecule is c1ccc(C(CNCCCCN2c3ccccc3Sc3ccccc32)c2ccccc2)cc1. The van der Waals surface area contributed by atoms with E-state index in [-0.39, 0.29) is 0 Å². The molecule has 2 nitrogen and oxygen atoms in total. The number of unbranched alkanes of at least 4 members (excludes halogenated alkanes) is 1. The molecule has 4 aromatic rings. The molecule has 3 heteroatoms. The van der Waals surface area contributed by atoms with E-state index in [1.807, 2.05) is 11.8 Å². The fourth-order valence-corrected chi connectivity index (χ4v) is 5.68. The zero-order valence-electron chi connectivity index (χ0n) is 18.9. The van der Waals surface area contributed by atoms with Crippen LogP contribution in [0.25, 0.3) is 0 Å². The average molecular weight is 451 g/mol. The van der Waals surface area contributed by atoms with Crippen LogP contribution in [0.5, 0.6) is 0 Å². The van der Waals surface area contributed by atoms with Crippen LogP contribution >= 0.6 is 11.8 Å². The summed E-state index contributed by atoms with van der Waals surface area (Å²) >= 11 is 1.88. The molecule has 4 aromatic carbocycles. The summed E-state index contributed by atoms with van der Waals surface area (Å²) in [4.78, 5) is 5.20. The summed E-state index contributed by atoms with van der Waals surface area (Å²) in [6.07, 6.45) is 2.31. The molecule has 1 aliphatic heterocycles. The number of para-hydroxylation sites is 2. The second-order valence-electron chi connectivity index (χ2n) is 8.47. The summed E-state index contributed by atoms with van der Waals surface area (Å²) in [6.45, 7) is 3.03. The lowest BCUT2D eigenvalue weighted by molar-refractivity contribution is 0.596.